The maximum atomic E-state index is 11.7. The van der Waals surface area contributed by atoms with Gasteiger partial charge in [0.1, 0.15) is 23.9 Å². The van der Waals surface area contributed by atoms with E-state index in [2.05, 4.69) is 20.9 Å². The van der Waals surface area contributed by atoms with Gasteiger partial charge in [0.15, 0.2) is 5.11 Å². The van der Waals surface area contributed by atoms with Crippen LogP contribution in [0, 0.1) is 0 Å². The summed E-state index contributed by atoms with van der Waals surface area (Å²) in [4.78, 5) is 11.7. The van der Waals surface area contributed by atoms with E-state index in [0.717, 1.165) is 11.3 Å². The van der Waals surface area contributed by atoms with Crippen molar-refractivity contribution < 1.29 is 19.0 Å². The molecule has 0 spiro atoms. The zero-order valence-electron chi connectivity index (χ0n) is 17.9. The molecule has 170 valence electrons. The molecule has 0 amide bonds. The van der Waals surface area contributed by atoms with Crippen molar-refractivity contribution in [2.75, 3.05) is 25.6 Å². The number of carbonyl (C=O) groups excluding carboxylic acids is 1. The Bertz CT molecular complexity index is 1150. The predicted molar refractivity (Wildman–Crippen MR) is 125 cm³/mol. The van der Waals surface area contributed by atoms with Crippen molar-refractivity contribution >= 4 is 29.0 Å². The number of nitrogens with zero attached hydrogens (tertiary/aromatic N) is 3. The Morgan fingerprint density at radius 1 is 1.12 bits per heavy atom. The van der Waals surface area contributed by atoms with Crippen molar-refractivity contribution in [3.8, 4) is 11.3 Å². The summed E-state index contributed by atoms with van der Waals surface area (Å²) < 4.78 is 18.7. The van der Waals surface area contributed by atoms with Crippen LogP contribution in [0.2, 0.25) is 0 Å². The lowest BCUT2D eigenvalue weighted by Crippen LogP contribution is -2.45. The molecule has 0 bridgehead atoms. The number of esters is 1. The van der Waals surface area contributed by atoms with Gasteiger partial charge >= 0.3 is 5.97 Å². The zero-order valence-corrected chi connectivity index (χ0v) is 18.7. The molecule has 4 atom stereocenters. The fourth-order valence-electron chi connectivity index (χ4n) is 4.19. The van der Waals surface area contributed by atoms with Gasteiger partial charge in [-0.3, -0.25) is 0 Å². The number of ether oxygens (including phenoxy) is 3. The first-order valence-corrected chi connectivity index (χ1v) is 11.0. The first kappa shape index (κ1) is 21.5. The predicted octanol–water partition coefficient (Wildman–Crippen LogP) is 2.43. The lowest BCUT2D eigenvalue weighted by Gasteiger charge is -2.20. The van der Waals surface area contributed by atoms with Crippen molar-refractivity contribution in [1.82, 2.24) is 20.3 Å². The van der Waals surface area contributed by atoms with Crippen molar-refractivity contribution in [2.24, 2.45) is 0 Å². The Morgan fingerprint density at radius 2 is 1.94 bits per heavy atom. The van der Waals surface area contributed by atoms with E-state index in [1.165, 1.54) is 7.11 Å². The highest BCUT2D eigenvalue weighted by Crippen LogP contribution is 2.34. The Kier molecular flexibility index (Phi) is 6.03. The average Bonchev–Trinajstić information content (AvgIpc) is 3.57. The monoisotopic (exact) mass is 465 g/mol. The van der Waals surface area contributed by atoms with Crippen molar-refractivity contribution in [3.05, 3.63) is 66.4 Å². The van der Waals surface area contributed by atoms with E-state index < -0.39 is 5.97 Å². The first-order valence-electron chi connectivity index (χ1n) is 10.6. The van der Waals surface area contributed by atoms with Gasteiger partial charge in [0.2, 0.25) is 0 Å². The molecule has 2 N–H and O–H groups in total. The third-order valence-electron chi connectivity index (χ3n) is 5.80. The van der Waals surface area contributed by atoms with Crippen LogP contribution < -0.4 is 10.6 Å². The van der Waals surface area contributed by atoms with E-state index in [1.807, 2.05) is 47.3 Å². The van der Waals surface area contributed by atoms with Crippen LogP contribution in [0.5, 0.6) is 0 Å². The van der Waals surface area contributed by atoms with Crippen LogP contribution in [0.1, 0.15) is 16.4 Å². The highest BCUT2D eigenvalue weighted by atomic mass is 32.1. The molecule has 0 aliphatic carbocycles. The molecule has 0 radical (unpaired) electrons. The number of methoxy groups -OCH3 is 1. The van der Waals surface area contributed by atoms with Crippen LogP contribution in [0.4, 0.5) is 5.69 Å². The second-order valence-corrected chi connectivity index (χ2v) is 8.30. The fourth-order valence-corrected chi connectivity index (χ4v) is 4.46. The molecule has 3 aromatic rings. The second-order valence-electron chi connectivity index (χ2n) is 7.89. The first-order chi connectivity index (χ1) is 16.1. The Labute approximate surface area is 196 Å². The topological polar surface area (TPSA) is 99.5 Å². The van der Waals surface area contributed by atoms with Gasteiger partial charge in [-0.2, -0.15) is 0 Å². The number of carbonyl (C=O) groups is 1. The van der Waals surface area contributed by atoms with Gasteiger partial charge in [-0.15, -0.1) is 5.10 Å². The summed E-state index contributed by atoms with van der Waals surface area (Å²) in [6.07, 6.45) is 1.61. The van der Waals surface area contributed by atoms with Gasteiger partial charge < -0.3 is 24.8 Å². The van der Waals surface area contributed by atoms with E-state index in [-0.39, 0.29) is 24.3 Å². The Hall–Kier alpha value is -3.34. The van der Waals surface area contributed by atoms with Gasteiger partial charge in [-0.25, -0.2) is 9.48 Å². The van der Waals surface area contributed by atoms with Gasteiger partial charge in [-0.05, 0) is 30.4 Å². The van der Waals surface area contributed by atoms with E-state index in [0.29, 0.717) is 29.6 Å². The summed E-state index contributed by atoms with van der Waals surface area (Å²) in [5.41, 5.74) is 2.96. The van der Waals surface area contributed by atoms with E-state index in [1.54, 1.807) is 18.2 Å². The molecule has 2 saturated heterocycles. The number of hydrogen-bond donors (Lipinski definition) is 2. The number of anilines is 1. The molecule has 3 heterocycles. The van der Waals surface area contributed by atoms with E-state index in [4.69, 9.17) is 26.4 Å². The molecular weight excluding hydrogens is 442 g/mol. The van der Waals surface area contributed by atoms with E-state index in [9.17, 15) is 4.79 Å². The number of nitrogens with one attached hydrogen (secondary N) is 2. The summed E-state index contributed by atoms with van der Waals surface area (Å²) in [5, 5.41) is 15.4. The standard InChI is InChI=1S/C23H23N5O4S/c1-30-22(29)15-8-5-9-16(10-15)24-23(33)25-18-12-31-21-19(13-32-20(18)21)28-11-17(26-27-28)14-6-3-2-4-7-14/h2-11,18-21H,12-13H2,1H3,(H2,24,25,33). The second kappa shape index (κ2) is 9.26. The van der Waals surface area contributed by atoms with Crippen molar-refractivity contribution in [3.63, 3.8) is 0 Å². The molecule has 2 aromatic carbocycles. The molecule has 1 aromatic heterocycles. The number of fused-ring (bicyclic) bond motifs is 1. The third-order valence-corrected chi connectivity index (χ3v) is 6.02. The lowest BCUT2D eigenvalue weighted by molar-refractivity contribution is 0.0600. The van der Waals surface area contributed by atoms with Crippen LogP contribution >= 0.6 is 12.2 Å². The molecule has 33 heavy (non-hydrogen) atoms. The maximum Gasteiger partial charge on any atom is 0.337 e. The van der Waals surface area contributed by atoms with Crippen molar-refractivity contribution in [1.29, 1.82) is 0 Å². The maximum absolute atomic E-state index is 11.7. The molecule has 5 rings (SSSR count). The van der Waals surface area contributed by atoms with Gasteiger partial charge in [0, 0.05) is 11.3 Å². The van der Waals surface area contributed by atoms with Gasteiger partial charge in [-0.1, -0.05) is 41.6 Å². The summed E-state index contributed by atoms with van der Waals surface area (Å²) in [6, 6.07) is 16.7. The van der Waals surface area contributed by atoms with Crippen LogP contribution in [0.3, 0.4) is 0 Å². The molecule has 0 saturated carbocycles. The number of benzene rings is 2. The number of thiocarbonyl (C=S) groups is 1. The van der Waals surface area contributed by atoms with Gasteiger partial charge in [0.05, 0.1) is 38.1 Å². The Balaban J connectivity index is 1.21. The number of rotatable bonds is 5. The molecule has 10 heteroatoms. The lowest BCUT2D eigenvalue weighted by atomic mass is 10.1. The number of hydrogen-bond acceptors (Lipinski definition) is 7. The minimum Gasteiger partial charge on any atom is -0.465 e. The molecule has 2 fully saturated rings. The van der Waals surface area contributed by atoms with Crippen LogP contribution in [0.15, 0.2) is 60.8 Å². The molecule has 2 aliphatic rings. The minimum absolute atomic E-state index is 0.0648. The summed E-state index contributed by atoms with van der Waals surface area (Å²) in [7, 11) is 1.35. The molecule has 2 aliphatic heterocycles. The quantitative estimate of drug-likeness (QED) is 0.435. The normalized spacial score (nSPS) is 23.7. The Morgan fingerprint density at radius 3 is 2.76 bits per heavy atom. The highest BCUT2D eigenvalue weighted by molar-refractivity contribution is 7.80. The summed E-state index contributed by atoms with van der Waals surface area (Å²) in [5.74, 6) is -0.404. The molecular formula is C23H23N5O4S. The zero-order chi connectivity index (χ0) is 22.8. The van der Waals surface area contributed by atoms with Gasteiger partial charge in [0.25, 0.3) is 0 Å². The molecule has 9 nitrogen and oxygen atoms in total. The largest absolute Gasteiger partial charge is 0.465 e. The van der Waals surface area contributed by atoms with E-state index >= 15 is 0 Å². The highest BCUT2D eigenvalue weighted by Gasteiger charge is 2.49. The van der Waals surface area contributed by atoms with Crippen LogP contribution in [-0.4, -0.2) is 64.6 Å². The molecule has 4 unspecified atom stereocenters. The SMILES string of the molecule is COC(=O)c1cccc(NC(=S)NC2COC3C2OCC3n2cc(-c3ccccc3)nn2)c1. The minimum atomic E-state index is -0.404. The van der Waals surface area contributed by atoms with Crippen LogP contribution in [-0.2, 0) is 14.2 Å². The average molecular weight is 466 g/mol. The smallest absolute Gasteiger partial charge is 0.337 e. The summed E-state index contributed by atoms with van der Waals surface area (Å²) >= 11 is 5.47. The fraction of sp³-hybridized carbons (Fsp3) is 0.304. The third kappa shape index (κ3) is 4.45. The van der Waals surface area contributed by atoms with Crippen LogP contribution in [0.25, 0.3) is 11.3 Å². The van der Waals surface area contributed by atoms with Crippen molar-refractivity contribution in [2.45, 2.75) is 24.3 Å². The number of aromatic nitrogens is 3. The summed E-state index contributed by atoms with van der Waals surface area (Å²) in [6.45, 7) is 0.933.